The Morgan fingerprint density at radius 2 is 1.95 bits per heavy atom. The lowest BCUT2D eigenvalue weighted by Crippen LogP contribution is -2.12. The summed E-state index contributed by atoms with van der Waals surface area (Å²) in [5, 5.41) is 7.54. The van der Waals surface area contributed by atoms with Crippen LogP contribution in [0.3, 0.4) is 0 Å². The van der Waals surface area contributed by atoms with Gasteiger partial charge in [-0.1, -0.05) is 11.6 Å². The summed E-state index contributed by atoms with van der Waals surface area (Å²) in [5.41, 5.74) is 2.18. The van der Waals surface area contributed by atoms with Crippen molar-refractivity contribution in [2.24, 2.45) is 0 Å². The molecule has 94 valence electrons. The van der Waals surface area contributed by atoms with Crippen molar-refractivity contribution in [2.45, 2.75) is 0 Å². The highest BCUT2D eigenvalue weighted by molar-refractivity contribution is 6.30. The van der Waals surface area contributed by atoms with Gasteiger partial charge in [-0.05, 0) is 42.5 Å². The van der Waals surface area contributed by atoms with Gasteiger partial charge in [0.2, 0.25) is 0 Å². The summed E-state index contributed by atoms with van der Waals surface area (Å²) in [6.45, 7) is 0. The summed E-state index contributed by atoms with van der Waals surface area (Å²) in [6, 6.07) is 12.4. The average Bonchev–Trinajstić information content (AvgIpc) is 2.88. The van der Waals surface area contributed by atoms with Crippen LogP contribution >= 0.6 is 11.6 Å². The van der Waals surface area contributed by atoms with Crippen LogP contribution in [-0.2, 0) is 0 Å². The van der Waals surface area contributed by atoms with Gasteiger partial charge in [0, 0.05) is 28.7 Å². The van der Waals surface area contributed by atoms with E-state index in [4.69, 9.17) is 11.6 Å². The molecule has 0 aliphatic carbocycles. The van der Waals surface area contributed by atoms with Crippen LogP contribution in [0.15, 0.2) is 54.9 Å². The standard InChI is InChI=1S/C14H10ClN3O/c15-11-1-3-12(4-2-11)17-14(19)10-6-8-18-13(9-10)5-7-16-18/h1-9H,(H,17,19). The number of pyridine rings is 1. The van der Waals surface area contributed by atoms with Crippen LogP contribution in [0, 0.1) is 0 Å². The van der Waals surface area contributed by atoms with Crippen molar-refractivity contribution >= 4 is 28.7 Å². The number of anilines is 1. The number of halogens is 1. The zero-order valence-corrected chi connectivity index (χ0v) is 10.6. The minimum atomic E-state index is -0.161. The number of hydrogen-bond acceptors (Lipinski definition) is 2. The molecule has 4 nitrogen and oxygen atoms in total. The number of hydrogen-bond donors (Lipinski definition) is 1. The van der Waals surface area contributed by atoms with Gasteiger partial charge in [-0.25, -0.2) is 4.52 Å². The Morgan fingerprint density at radius 3 is 2.74 bits per heavy atom. The SMILES string of the molecule is O=C(Nc1ccc(Cl)cc1)c1ccn2nccc2c1. The Labute approximate surface area is 114 Å². The number of nitrogens with zero attached hydrogens (tertiary/aromatic N) is 2. The van der Waals surface area contributed by atoms with E-state index in [1.165, 1.54) is 0 Å². The fourth-order valence-corrected chi connectivity index (χ4v) is 1.93. The van der Waals surface area contributed by atoms with Gasteiger partial charge in [0.15, 0.2) is 0 Å². The predicted octanol–water partition coefficient (Wildman–Crippen LogP) is 3.24. The minimum absolute atomic E-state index is 0.161. The van der Waals surface area contributed by atoms with Gasteiger partial charge in [-0.15, -0.1) is 0 Å². The summed E-state index contributed by atoms with van der Waals surface area (Å²) in [6.07, 6.45) is 3.45. The number of amides is 1. The Kier molecular flexibility index (Phi) is 2.93. The van der Waals surface area contributed by atoms with Gasteiger partial charge in [-0.3, -0.25) is 4.79 Å². The highest BCUT2D eigenvalue weighted by atomic mass is 35.5. The van der Waals surface area contributed by atoms with E-state index in [0.717, 1.165) is 5.52 Å². The first kappa shape index (κ1) is 11.7. The Balaban J connectivity index is 1.84. The first-order chi connectivity index (χ1) is 9.22. The minimum Gasteiger partial charge on any atom is -0.322 e. The lowest BCUT2D eigenvalue weighted by Gasteiger charge is -2.05. The molecule has 19 heavy (non-hydrogen) atoms. The third-order valence-corrected chi connectivity index (χ3v) is 3.02. The Hall–Kier alpha value is -2.33. The number of carbonyl (C=O) groups is 1. The topological polar surface area (TPSA) is 46.4 Å². The second-order valence-corrected chi connectivity index (χ2v) is 4.51. The summed E-state index contributed by atoms with van der Waals surface area (Å²) < 4.78 is 1.71. The van der Waals surface area contributed by atoms with Crippen LogP contribution < -0.4 is 5.32 Å². The van der Waals surface area contributed by atoms with Gasteiger partial charge in [0.05, 0.1) is 5.52 Å². The molecule has 0 saturated carbocycles. The van der Waals surface area contributed by atoms with Crippen LogP contribution in [0.25, 0.3) is 5.52 Å². The number of rotatable bonds is 2. The average molecular weight is 272 g/mol. The number of fused-ring (bicyclic) bond motifs is 1. The maximum Gasteiger partial charge on any atom is 0.255 e. The van der Waals surface area contributed by atoms with Crippen LogP contribution in [0.4, 0.5) is 5.69 Å². The molecule has 0 radical (unpaired) electrons. The molecule has 3 aromatic rings. The number of carbonyl (C=O) groups excluding carboxylic acids is 1. The Morgan fingerprint density at radius 1 is 1.16 bits per heavy atom. The lowest BCUT2D eigenvalue weighted by molar-refractivity contribution is 0.102. The fourth-order valence-electron chi connectivity index (χ4n) is 1.80. The van der Waals surface area contributed by atoms with Gasteiger partial charge in [0.25, 0.3) is 5.91 Å². The molecule has 2 heterocycles. The third kappa shape index (κ3) is 2.44. The summed E-state index contributed by atoms with van der Waals surface area (Å²) in [7, 11) is 0. The molecule has 0 atom stereocenters. The normalized spacial score (nSPS) is 10.6. The molecule has 0 aliphatic rings. The summed E-state index contributed by atoms with van der Waals surface area (Å²) in [4.78, 5) is 12.1. The number of aromatic nitrogens is 2. The molecule has 1 amide bonds. The molecular weight excluding hydrogens is 262 g/mol. The smallest absolute Gasteiger partial charge is 0.255 e. The van der Waals surface area contributed by atoms with Crippen LogP contribution in [0.1, 0.15) is 10.4 Å². The van der Waals surface area contributed by atoms with Crippen molar-refractivity contribution in [2.75, 3.05) is 5.32 Å². The van der Waals surface area contributed by atoms with Gasteiger partial charge in [-0.2, -0.15) is 5.10 Å². The van der Waals surface area contributed by atoms with Gasteiger partial charge >= 0.3 is 0 Å². The zero-order chi connectivity index (χ0) is 13.2. The quantitative estimate of drug-likeness (QED) is 0.778. The van der Waals surface area contributed by atoms with Crippen molar-refractivity contribution in [1.82, 2.24) is 9.61 Å². The van der Waals surface area contributed by atoms with Crippen LogP contribution in [-0.4, -0.2) is 15.5 Å². The van der Waals surface area contributed by atoms with Gasteiger partial charge in [0.1, 0.15) is 0 Å². The van der Waals surface area contributed by atoms with Crippen LogP contribution in [0.5, 0.6) is 0 Å². The molecule has 0 fully saturated rings. The first-order valence-corrected chi connectivity index (χ1v) is 6.10. The van der Waals surface area contributed by atoms with Gasteiger partial charge < -0.3 is 5.32 Å². The third-order valence-electron chi connectivity index (χ3n) is 2.76. The van der Waals surface area contributed by atoms with E-state index in [2.05, 4.69) is 10.4 Å². The molecule has 5 heteroatoms. The maximum atomic E-state index is 12.1. The summed E-state index contributed by atoms with van der Waals surface area (Å²) >= 11 is 5.80. The zero-order valence-electron chi connectivity index (χ0n) is 9.88. The van der Waals surface area contributed by atoms with Crippen molar-refractivity contribution < 1.29 is 4.79 Å². The molecule has 0 spiro atoms. The molecule has 0 unspecified atom stereocenters. The Bertz CT molecular complexity index is 734. The maximum absolute atomic E-state index is 12.1. The molecule has 0 bridgehead atoms. The molecule has 3 rings (SSSR count). The van der Waals surface area contributed by atoms with Crippen molar-refractivity contribution in [3.8, 4) is 0 Å². The van der Waals surface area contributed by atoms with E-state index >= 15 is 0 Å². The van der Waals surface area contributed by atoms with E-state index < -0.39 is 0 Å². The predicted molar refractivity (Wildman–Crippen MR) is 74.6 cm³/mol. The number of nitrogens with one attached hydrogen (secondary N) is 1. The second kappa shape index (κ2) is 4.74. The molecule has 0 saturated heterocycles. The van der Waals surface area contributed by atoms with E-state index in [1.807, 2.05) is 6.07 Å². The molecule has 1 aromatic carbocycles. The molecule has 0 aliphatic heterocycles. The monoisotopic (exact) mass is 271 g/mol. The lowest BCUT2D eigenvalue weighted by atomic mass is 10.2. The number of benzene rings is 1. The van der Waals surface area contributed by atoms with Crippen molar-refractivity contribution in [3.63, 3.8) is 0 Å². The highest BCUT2D eigenvalue weighted by Crippen LogP contribution is 2.15. The molecular formula is C14H10ClN3O. The largest absolute Gasteiger partial charge is 0.322 e. The van der Waals surface area contributed by atoms with Crippen molar-refractivity contribution in [1.29, 1.82) is 0 Å². The van der Waals surface area contributed by atoms with Crippen molar-refractivity contribution in [3.05, 3.63) is 65.4 Å². The van der Waals surface area contributed by atoms with Crippen LogP contribution in [0.2, 0.25) is 5.02 Å². The second-order valence-electron chi connectivity index (χ2n) is 4.08. The highest BCUT2D eigenvalue weighted by Gasteiger charge is 2.07. The van der Waals surface area contributed by atoms with E-state index in [0.29, 0.717) is 16.3 Å². The van der Waals surface area contributed by atoms with E-state index in [-0.39, 0.29) is 5.91 Å². The molecule has 1 N–H and O–H groups in total. The summed E-state index contributed by atoms with van der Waals surface area (Å²) in [5.74, 6) is -0.161. The molecule has 2 aromatic heterocycles. The first-order valence-electron chi connectivity index (χ1n) is 5.73. The van der Waals surface area contributed by atoms with E-state index in [1.54, 1.807) is 53.3 Å². The van der Waals surface area contributed by atoms with E-state index in [9.17, 15) is 4.79 Å². The fraction of sp³-hybridized carbons (Fsp3) is 0.